The molecular formula is C15H12BrClN2O. The summed E-state index contributed by atoms with van der Waals surface area (Å²) in [6.45, 7) is 1.92. The molecule has 0 radical (unpaired) electrons. The molecule has 0 aliphatic heterocycles. The van der Waals surface area contributed by atoms with Crippen LogP contribution in [-0.4, -0.2) is 12.1 Å². The minimum atomic E-state index is -0.330. The Kier molecular flexibility index (Phi) is 4.93. The highest BCUT2D eigenvalue weighted by Crippen LogP contribution is 2.17. The molecule has 0 saturated carbocycles. The number of hydrogen-bond acceptors (Lipinski definition) is 2. The summed E-state index contributed by atoms with van der Waals surface area (Å²) >= 11 is 9.37. The van der Waals surface area contributed by atoms with Gasteiger partial charge in [-0.1, -0.05) is 45.7 Å². The number of amides is 1. The van der Waals surface area contributed by atoms with Gasteiger partial charge in [-0.05, 0) is 42.3 Å². The molecule has 2 aromatic carbocycles. The molecule has 3 nitrogen and oxygen atoms in total. The lowest BCUT2D eigenvalue weighted by atomic mass is 10.1. The Morgan fingerprint density at radius 3 is 2.60 bits per heavy atom. The monoisotopic (exact) mass is 350 g/mol. The standard InChI is InChI=1S/C15H12BrClN2O/c1-10-2-7-13(14(17)8-10)15(20)19-18-9-11-3-5-12(16)6-4-11/h2-9H,1H3,(H,19,20)/b18-9-. The number of carbonyl (C=O) groups is 1. The van der Waals surface area contributed by atoms with E-state index in [0.717, 1.165) is 15.6 Å². The molecule has 0 aliphatic rings. The van der Waals surface area contributed by atoms with E-state index >= 15 is 0 Å². The summed E-state index contributed by atoms with van der Waals surface area (Å²) in [5.41, 5.74) is 4.76. The summed E-state index contributed by atoms with van der Waals surface area (Å²) in [5.74, 6) is -0.330. The molecule has 0 fully saturated rings. The van der Waals surface area contributed by atoms with E-state index in [1.54, 1.807) is 18.3 Å². The maximum absolute atomic E-state index is 11.9. The van der Waals surface area contributed by atoms with Gasteiger partial charge >= 0.3 is 0 Å². The second-order valence-corrected chi connectivity index (χ2v) is 5.56. The van der Waals surface area contributed by atoms with Crippen molar-refractivity contribution in [3.8, 4) is 0 Å². The van der Waals surface area contributed by atoms with Crippen LogP contribution in [-0.2, 0) is 0 Å². The van der Waals surface area contributed by atoms with Crippen LogP contribution < -0.4 is 5.43 Å². The topological polar surface area (TPSA) is 41.5 Å². The maximum Gasteiger partial charge on any atom is 0.272 e. The van der Waals surface area contributed by atoms with Gasteiger partial charge in [0.15, 0.2) is 0 Å². The highest BCUT2D eigenvalue weighted by molar-refractivity contribution is 9.10. The molecule has 2 aromatic rings. The second-order valence-electron chi connectivity index (χ2n) is 4.23. The van der Waals surface area contributed by atoms with Gasteiger partial charge in [0.1, 0.15) is 0 Å². The number of benzene rings is 2. The summed E-state index contributed by atoms with van der Waals surface area (Å²) in [7, 11) is 0. The van der Waals surface area contributed by atoms with Crippen molar-refractivity contribution in [2.75, 3.05) is 0 Å². The third-order valence-electron chi connectivity index (χ3n) is 2.62. The van der Waals surface area contributed by atoms with E-state index in [0.29, 0.717) is 10.6 Å². The number of hydrogen-bond donors (Lipinski definition) is 1. The quantitative estimate of drug-likeness (QED) is 0.654. The lowest BCUT2D eigenvalue weighted by Gasteiger charge is -2.03. The van der Waals surface area contributed by atoms with E-state index < -0.39 is 0 Å². The van der Waals surface area contributed by atoms with Crippen molar-refractivity contribution < 1.29 is 4.79 Å². The van der Waals surface area contributed by atoms with E-state index in [2.05, 4.69) is 26.5 Å². The van der Waals surface area contributed by atoms with Crippen LogP contribution in [0.2, 0.25) is 5.02 Å². The molecule has 0 saturated heterocycles. The van der Waals surface area contributed by atoms with Gasteiger partial charge < -0.3 is 0 Å². The van der Waals surface area contributed by atoms with Crippen molar-refractivity contribution >= 4 is 39.7 Å². The van der Waals surface area contributed by atoms with Crippen molar-refractivity contribution in [2.45, 2.75) is 6.92 Å². The zero-order valence-electron chi connectivity index (χ0n) is 10.7. The van der Waals surface area contributed by atoms with Gasteiger partial charge in [-0.2, -0.15) is 5.10 Å². The zero-order chi connectivity index (χ0) is 14.5. The molecule has 0 aliphatic carbocycles. The van der Waals surface area contributed by atoms with Crippen molar-refractivity contribution in [3.05, 3.63) is 68.7 Å². The van der Waals surface area contributed by atoms with Gasteiger partial charge in [-0.25, -0.2) is 5.43 Å². The first kappa shape index (κ1) is 14.8. The van der Waals surface area contributed by atoms with Gasteiger partial charge in [0.05, 0.1) is 16.8 Å². The number of nitrogens with one attached hydrogen (secondary N) is 1. The summed E-state index contributed by atoms with van der Waals surface area (Å²) in [4.78, 5) is 11.9. The molecule has 20 heavy (non-hydrogen) atoms. The van der Waals surface area contributed by atoms with Crippen LogP contribution in [0.15, 0.2) is 52.0 Å². The molecule has 0 atom stereocenters. The number of halogens is 2. The summed E-state index contributed by atoms with van der Waals surface area (Å²) in [6.07, 6.45) is 1.58. The molecule has 0 aromatic heterocycles. The lowest BCUT2D eigenvalue weighted by Crippen LogP contribution is -2.18. The normalized spacial score (nSPS) is 10.8. The largest absolute Gasteiger partial charge is 0.272 e. The summed E-state index contributed by atoms with van der Waals surface area (Å²) < 4.78 is 0.991. The molecular weight excluding hydrogens is 340 g/mol. The third kappa shape index (κ3) is 3.92. The van der Waals surface area contributed by atoms with E-state index in [9.17, 15) is 4.79 Å². The first-order chi connectivity index (χ1) is 9.56. The predicted octanol–water partition coefficient (Wildman–Crippen LogP) is 4.17. The number of rotatable bonds is 3. The number of nitrogens with zero attached hydrogens (tertiary/aromatic N) is 1. The van der Waals surface area contributed by atoms with Crippen LogP contribution in [0.25, 0.3) is 0 Å². The molecule has 0 heterocycles. The molecule has 0 spiro atoms. The zero-order valence-corrected chi connectivity index (χ0v) is 13.1. The third-order valence-corrected chi connectivity index (χ3v) is 3.46. The van der Waals surface area contributed by atoms with Crippen LogP contribution in [0.1, 0.15) is 21.5 Å². The predicted molar refractivity (Wildman–Crippen MR) is 85.4 cm³/mol. The molecule has 5 heteroatoms. The average molecular weight is 352 g/mol. The molecule has 102 valence electrons. The molecule has 0 bridgehead atoms. The molecule has 0 unspecified atom stereocenters. The second kappa shape index (κ2) is 6.68. The number of aryl methyl sites for hydroxylation is 1. The minimum absolute atomic E-state index is 0.330. The highest BCUT2D eigenvalue weighted by Gasteiger charge is 2.08. The average Bonchev–Trinajstić information content (AvgIpc) is 2.41. The van der Waals surface area contributed by atoms with Crippen LogP contribution in [0.5, 0.6) is 0 Å². The Labute approximate surface area is 130 Å². The fourth-order valence-electron chi connectivity index (χ4n) is 1.58. The van der Waals surface area contributed by atoms with Gasteiger partial charge in [0, 0.05) is 4.47 Å². The van der Waals surface area contributed by atoms with Crippen molar-refractivity contribution in [1.29, 1.82) is 0 Å². The van der Waals surface area contributed by atoms with E-state index in [4.69, 9.17) is 11.6 Å². The van der Waals surface area contributed by atoms with Crippen LogP contribution in [0, 0.1) is 6.92 Å². The Bertz CT molecular complexity index is 653. The number of carbonyl (C=O) groups excluding carboxylic acids is 1. The molecule has 2 rings (SSSR count). The summed E-state index contributed by atoms with van der Waals surface area (Å²) in [5, 5.41) is 4.33. The Morgan fingerprint density at radius 2 is 1.95 bits per heavy atom. The lowest BCUT2D eigenvalue weighted by molar-refractivity contribution is 0.0955. The van der Waals surface area contributed by atoms with E-state index in [-0.39, 0.29) is 5.91 Å². The SMILES string of the molecule is Cc1ccc(C(=O)N/N=C\c2ccc(Br)cc2)c(Cl)c1. The van der Waals surface area contributed by atoms with Crippen molar-refractivity contribution in [3.63, 3.8) is 0 Å². The van der Waals surface area contributed by atoms with Gasteiger partial charge in [0.25, 0.3) is 5.91 Å². The maximum atomic E-state index is 11.9. The first-order valence-corrected chi connectivity index (χ1v) is 7.08. The number of hydrazone groups is 1. The Hall–Kier alpha value is -1.65. The Balaban J connectivity index is 2.03. The Morgan fingerprint density at radius 1 is 1.25 bits per heavy atom. The van der Waals surface area contributed by atoms with Crippen molar-refractivity contribution in [2.24, 2.45) is 5.10 Å². The molecule has 1 N–H and O–H groups in total. The smallest absolute Gasteiger partial charge is 0.267 e. The molecule has 1 amide bonds. The van der Waals surface area contributed by atoms with Crippen LogP contribution in [0.3, 0.4) is 0 Å². The fourth-order valence-corrected chi connectivity index (χ4v) is 2.16. The fraction of sp³-hybridized carbons (Fsp3) is 0.0667. The van der Waals surface area contributed by atoms with E-state index in [1.807, 2.05) is 37.3 Å². The van der Waals surface area contributed by atoms with Crippen LogP contribution >= 0.6 is 27.5 Å². The van der Waals surface area contributed by atoms with Gasteiger partial charge in [-0.15, -0.1) is 0 Å². The first-order valence-electron chi connectivity index (χ1n) is 5.91. The van der Waals surface area contributed by atoms with Gasteiger partial charge in [-0.3, -0.25) is 4.79 Å². The minimum Gasteiger partial charge on any atom is -0.267 e. The summed E-state index contributed by atoms with van der Waals surface area (Å²) in [6, 6.07) is 12.8. The van der Waals surface area contributed by atoms with Crippen molar-refractivity contribution in [1.82, 2.24) is 5.43 Å². The van der Waals surface area contributed by atoms with E-state index in [1.165, 1.54) is 0 Å². The highest BCUT2D eigenvalue weighted by atomic mass is 79.9. The van der Waals surface area contributed by atoms with Crippen LogP contribution in [0.4, 0.5) is 0 Å². The van der Waals surface area contributed by atoms with Gasteiger partial charge in [0.2, 0.25) is 0 Å².